The van der Waals surface area contributed by atoms with Crippen LogP contribution in [0.15, 0.2) is 23.4 Å². The Morgan fingerprint density at radius 1 is 1.46 bits per heavy atom. The van der Waals surface area contributed by atoms with E-state index in [-0.39, 0.29) is 24.2 Å². The Hall–Kier alpha value is -1.64. The quantitative estimate of drug-likeness (QED) is 0.691. The molecule has 1 aliphatic rings. The van der Waals surface area contributed by atoms with Crippen LogP contribution in [0.3, 0.4) is 0 Å². The minimum Gasteiger partial charge on any atom is -0.376 e. The molecule has 2 heterocycles. The van der Waals surface area contributed by atoms with E-state index >= 15 is 0 Å². The highest BCUT2D eigenvalue weighted by atomic mass is 35.5. The minimum atomic E-state index is -0.371. The molecule has 1 amide bonds. The van der Waals surface area contributed by atoms with Crippen LogP contribution in [0, 0.1) is 5.82 Å². The zero-order valence-corrected chi connectivity index (χ0v) is 15.7. The number of rotatable bonds is 8. The summed E-state index contributed by atoms with van der Waals surface area (Å²) in [5.74, 6) is 0.522. The second kappa shape index (κ2) is 8.83. The fourth-order valence-electron chi connectivity index (χ4n) is 2.80. The van der Waals surface area contributed by atoms with Gasteiger partial charge in [0, 0.05) is 30.2 Å². The van der Waals surface area contributed by atoms with E-state index in [1.54, 1.807) is 6.07 Å². The van der Waals surface area contributed by atoms with Crippen molar-refractivity contribution in [1.29, 1.82) is 0 Å². The first-order valence-electron chi connectivity index (χ1n) is 8.41. The number of ether oxygens (including phenoxy) is 1. The molecule has 1 aromatic heterocycles. The number of aryl methyl sites for hydroxylation is 1. The lowest BCUT2D eigenvalue weighted by atomic mass is 10.2. The van der Waals surface area contributed by atoms with Crippen LogP contribution in [0.1, 0.15) is 30.7 Å². The number of aromatic nitrogens is 3. The van der Waals surface area contributed by atoms with E-state index in [0.29, 0.717) is 29.6 Å². The minimum absolute atomic E-state index is 0.118. The number of primary amides is 1. The lowest BCUT2D eigenvalue weighted by Crippen LogP contribution is -2.19. The van der Waals surface area contributed by atoms with Gasteiger partial charge in [0.15, 0.2) is 5.16 Å². The van der Waals surface area contributed by atoms with Crippen molar-refractivity contribution in [3.05, 3.63) is 40.4 Å². The van der Waals surface area contributed by atoms with Crippen molar-refractivity contribution in [2.45, 2.75) is 49.2 Å². The van der Waals surface area contributed by atoms with Gasteiger partial charge in [-0.3, -0.25) is 4.79 Å². The summed E-state index contributed by atoms with van der Waals surface area (Å²) in [6, 6.07) is 4.35. The van der Waals surface area contributed by atoms with E-state index in [9.17, 15) is 9.18 Å². The Morgan fingerprint density at radius 3 is 3.00 bits per heavy atom. The summed E-state index contributed by atoms with van der Waals surface area (Å²) in [4.78, 5) is 11.1. The fourth-order valence-corrected chi connectivity index (χ4v) is 4.09. The molecule has 1 aromatic carbocycles. The molecule has 2 N–H and O–H groups in total. The molecule has 1 fully saturated rings. The molecule has 26 heavy (non-hydrogen) atoms. The van der Waals surface area contributed by atoms with Gasteiger partial charge in [0.05, 0.1) is 12.6 Å². The molecule has 1 saturated heterocycles. The number of thioether (sulfide) groups is 1. The summed E-state index contributed by atoms with van der Waals surface area (Å²) in [7, 11) is 0. The van der Waals surface area contributed by atoms with Crippen molar-refractivity contribution in [2.75, 3.05) is 6.61 Å². The Morgan fingerprint density at radius 2 is 2.31 bits per heavy atom. The molecule has 0 aliphatic carbocycles. The summed E-state index contributed by atoms with van der Waals surface area (Å²) < 4.78 is 20.9. The number of amides is 1. The normalized spacial score (nSPS) is 16.9. The van der Waals surface area contributed by atoms with Crippen LogP contribution in [-0.2, 0) is 28.2 Å². The topological polar surface area (TPSA) is 83.0 Å². The number of carbonyl (C=O) groups excluding carboxylic acids is 1. The Kier molecular flexibility index (Phi) is 6.50. The number of carbonyl (C=O) groups is 1. The SMILES string of the molecule is NC(=O)CCc1nnc(SCc2ccc(F)cc2Cl)n1CC1CCCO1. The Balaban J connectivity index is 1.74. The van der Waals surface area contributed by atoms with Gasteiger partial charge in [-0.1, -0.05) is 29.4 Å². The van der Waals surface area contributed by atoms with Crippen LogP contribution in [-0.4, -0.2) is 33.4 Å². The van der Waals surface area contributed by atoms with Crippen LogP contribution in [0.4, 0.5) is 4.39 Å². The van der Waals surface area contributed by atoms with Gasteiger partial charge in [-0.25, -0.2) is 4.39 Å². The molecule has 9 heteroatoms. The third-order valence-corrected chi connectivity index (χ3v) is 5.54. The molecule has 1 aliphatic heterocycles. The Labute approximate surface area is 160 Å². The first-order chi connectivity index (χ1) is 12.5. The molecule has 0 bridgehead atoms. The van der Waals surface area contributed by atoms with Gasteiger partial charge in [-0.2, -0.15) is 0 Å². The smallest absolute Gasteiger partial charge is 0.217 e. The number of nitrogens with zero attached hydrogens (tertiary/aromatic N) is 3. The third kappa shape index (κ3) is 4.96. The number of hydrogen-bond donors (Lipinski definition) is 1. The standard InChI is InChI=1S/C17H20ClFN4O2S/c18-14-8-12(19)4-3-11(14)10-26-17-22-21-16(6-5-15(20)24)23(17)9-13-2-1-7-25-13/h3-4,8,13H,1-2,5-7,9-10H2,(H2,20,24). The summed E-state index contributed by atoms with van der Waals surface area (Å²) in [5, 5.41) is 9.57. The number of nitrogens with two attached hydrogens (primary N) is 1. The molecule has 6 nitrogen and oxygen atoms in total. The second-order valence-corrected chi connectivity index (χ2v) is 7.48. The summed E-state index contributed by atoms with van der Waals surface area (Å²) in [6.07, 6.45) is 2.80. The summed E-state index contributed by atoms with van der Waals surface area (Å²) in [6.45, 7) is 1.40. The van der Waals surface area contributed by atoms with E-state index in [1.165, 1.54) is 23.9 Å². The highest BCUT2D eigenvalue weighted by Gasteiger charge is 2.21. The maximum atomic E-state index is 13.2. The average Bonchev–Trinajstić information content (AvgIpc) is 3.23. The first-order valence-corrected chi connectivity index (χ1v) is 9.78. The highest BCUT2D eigenvalue weighted by Crippen LogP contribution is 2.28. The third-order valence-electron chi connectivity index (χ3n) is 4.17. The lowest BCUT2D eigenvalue weighted by Gasteiger charge is -2.14. The molecule has 0 spiro atoms. The van der Waals surface area contributed by atoms with Crippen molar-refractivity contribution in [2.24, 2.45) is 5.73 Å². The Bertz CT molecular complexity index is 780. The van der Waals surface area contributed by atoms with Crippen molar-refractivity contribution in [1.82, 2.24) is 14.8 Å². The van der Waals surface area contributed by atoms with Gasteiger partial charge < -0.3 is 15.0 Å². The van der Waals surface area contributed by atoms with Crippen LogP contribution in [0.5, 0.6) is 0 Å². The maximum Gasteiger partial charge on any atom is 0.217 e. The molecule has 1 atom stereocenters. The molecule has 0 radical (unpaired) electrons. The zero-order chi connectivity index (χ0) is 18.5. The lowest BCUT2D eigenvalue weighted by molar-refractivity contribution is -0.118. The van der Waals surface area contributed by atoms with Crippen molar-refractivity contribution < 1.29 is 13.9 Å². The second-order valence-electron chi connectivity index (χ2n) is 6.14. The van der Waals surface area contributed by atoms with Crippen LogP contribution in [0.25, 0.3) is 0 Å². The summed E-state index contributed by atoms with van der Waals surface area (Å²) in [5.41, 5.74) is 6.08. The predicted molar refractivity (Wildman–Crippen MR) is 97.5 cm³/mol. The molecule has 140 valence electrons. The number of hydrogen-bond acceptors (Lipinski definition) is 5. The highest BCUT2D eigenvalue weighted by molar-refractivity contribution is 7.98. The zero-order valence-electron chi connectivity index (χ0n) is 14.2. The molecule has 0 saturated carbocycles. The monoisotopic (exact) mass is 398 g/mol. The van der Waals surface area contributed by atoms with Crippen molar-refractivity contribution >= 4 is 29.3 Å². The van der Waals surface area contributed by atoms with Gasteiger partial charge in [0.1, 0.15) is 11.6 Å². The van der Waals surface area contributed by atoms with Crippen LogP contribution < -0.4 is 5.73 Å². The molecular formula is C17H20ClFN4O2S. The molecule has 2 aromatic rings. The van der Waals surface area contributed by atoms with E-state index in [1.807, 2.05) is 4.57 Å². The van der Waals surface area contributed by atoms with Gasteiger partial charge >= 0.3 is 0 Å². The van der Waals surface area contributed by atoms with E-state index < -0.39 is 0 Å². The first kappa shape index (κ1) is 19.1. The van der Waals surface area contributed by atoms with Crippen LogP contribution >= 0.6 is 23.4 Å². The largest absolute Gasteiger partial charge is 0.376 e. The summed E-state index contributed by atoms with van der Waals surface area (Å²) >= 11 is 7.56. The van der Waals surface area contributed by atoms with Crippen molar-refractivity contribution in [3.63, 3.8) is 0 Å². The van der Waals surface area contributed by atoms with Gasteiger partial charge in [-0.15, -0.1) is 10.2 Å². The van der Waals surface area contributed by atoms with Crippen LogP contribution in [0.2, 0.25) is 5.02 Å². The molecule has 1 unspecified atom stereocenters. The average molecular weight is 399 g/mol. The maximum absolute atomic E-state index is 13.2. The van der Waals surface area contributed by atoms with Gasteiger partial charge in [0.2, 0.25) is 5.91 Å². The predicted octanol–water partition coefficient (Wildman–Crippen LogP) is 2.96. The fraction of sp³-hybridized carbons (Fsp3) is 0.471. The van der Waals surface area contributed by atoms with Gasteiger partial charge in [0.25, 0.3) is 0 Å². The van der Waals surface area contributed by atoms with E-state index in [4.69, 9.17) is 22.1 Å². The molecule has 3 rings (SSSR count). The number of halogens is 2. The van der Waals surface area contributed by atoms with E-state index in [0.717, 1.165) is 30.2 Å². The van der Waals surface area contributed by atoms with Crippen molar-refractivity contribution in [3.8, 4) is 0 Å². The van der Waals surface area contributed by atoms with E-state index in [2.05, 4.69) is 10.2 Å². The molecular weight excluding hydrogens is 379 g/mol. The van der Waals surface area contributed by atoms with Gasteiger partial charge in [-0.05, 0) is 30.5 Å². The number of benzene rings is 1.